The number of nitrogens with zero attached hydrogens (tertiary/aromatic N) is 2. The molecule has 3 aromatic rings. The molecule has 24 heavy (non-hydrogen) atoms. The summed E-state index contributed by atoms with van der Waals surface area (Å²) >= 11 is 1.42. The van der Waals surface area contributed by atoms with Crippen molar-refractivity contribution in [3.05, 3.63) is 69.7 Å². The number of aldehydes is 1. The number of halogens is 3. The van der Waals surface area contributed by atoms with Crippen molar-refractivity contribution in [2.24, 2.45) is 0 Å². The van der Waals surface area contributed by atoms with Crippen LogP contribution in [0.5, 0.6) is 0 Å². The molecular formula is C17H9F3N2OS. The molecule has 3 rings (SSSR count). The lowest BCUT2D eigenvalue weighted by atomic mass is 10.2. The number of para-hydroxylation sites is 1. The Morgan fingerprint density at radius 2 is 1.88 bits per heavy atom. The Labute approximate surface area is 139 Å². The first-order chi connectivity index (χ1) is 11.5. The zero-order chi connectivity index (χ0) is 17.2. The average Bonchev–Trinajstić information content (AvgIpc) is 3.20. The van der Waals surface area contributed by atoms with Crippen LogP contribution in [0.4, 0.5) is 13.2 Å². The molecule has 0 atom stereocenters. The van der Waals surface area contributed by atoms with E-state index >= 15 is 0 Å². The van der Waals surface area contributed by atoms with Gasteiger partial charge in [-0.25, -0.2) is 4.68 Å². The second kappa shape index (κ2) is 6.34. The van der Waals surface area contributed by atoms with Crippen LogP contribution in [-0.4, -0.2) is 16.1 Å². The summed E-state index contributed by atoms with van der Waals surface area (Å²) in [4.78, 5) is 11.3. The standard InChI is InChI=1S/C17H9F3N2OS/c18-17(19,20)16-14(10-23)15(7-6-12-8-9-24-11-12)22(21-16)13-4-2-1-3-5-13/h1-5,8-11H. The van der Waals surface area contributed by atoms with Crippen LogP contribution in [-0.2, 0) is 6.18 Å². The molecule has 0 saturated heterocycles. The third-order valence-corrected chi connectivity index (χ3v) is 3.84. The Hall–Kier alpha value is -2.85. The lowest BCUT2D eigenvalue weighted by Gasteiger charge is -2.03. The SMILES string of the molecule is O=Cc1c(C(F)(F)F)nn(-c2ccccc2)c1C#Cc1ccsc1. The highest BCUT2D eigenvalue weighted by Crippen LogP contribution is 2.32. The molecule has 7 heteroatoms. The van der Waals surface area contributed by atoms with Gasteiger partial charge in [0.15, 0.2) is 12.0 Å². The van der Waals surface area contributed by atoms with E-state index in [4.69, 9.17) is 0 Å². The van der Waals surface area contributed by atoms with E-state index in [9.17, 15) is 18.0 Å². The molecule has 0 saturated carbocycles. The van der Waals surface area contributed by atoms with Gasteiger partial charge in [-0.2, -0.15) is 29.6 Å². The molecule has 0 bridgehead atoms. The third-order valence-electron chi connectivity index (χ3n) is 3.16. The van der Waals surface area contributed by atoms with Gasteiger partial charge in [-0.1, -0.05) is 24.1 Å². The van der Waals surface area contributed by atoms with E-state index in [1.165, 1.54) is 11.3 Å². The predicted octanol–water partition coefficient (Wildman–Crippen LogP) is 4.16. The maximum absolute atomic E-state index is 13.2. The fourth-order valence-corrected chi connectivity index (χ4v) is 2.68. The number of aromatic nitrogens is 2. The molecule has 0 aliphatic rings. The van der Waals surface area contributed by atoms with Gasteiger partial charge in [0.05, 0.1) is 11.3 Å². The van der Waals surface area contributed by atoms with Crippen molar-refractivity contribution < 1.29 is 18.0 Å². The molecule has 0 amide bonds. The quantitative estimate of drug-likeness (QED) is 0.516. The first kappa shape index (κ1) is 16.0. The largest absolute Gasteiger partial charge is 0.435 e. The molecule has 0 N–H and O–H groups in total. The topological polar surface area (TPSA) is 34.9 Å². The van der Waals surface area contributed by atoms with E-state index in [-0.39, 0.29) is 12.0 Å². The number of benzene rings is 1. The predicted molar refractivity (Wildman–Crippen MR) is 84.3 cm³/mol. The number of hydrogen-bond donors (Lipinski definition) is 0. The summed E-state index contributed by atoms with van der Waals surface area (Å²) in [7, 11) is 0. The van der Waals surface area contributed by atoms with E-state index < -0.39 is 17.4 Å². The van der Waals surface area contributed by atoms with Crippen molar-refractivity contribution in [3.8, 4) is 17.5 Å². The van der Waals surface area contributed by atoms with Crippen molar-refractivity contribution >= 4 is 17.6 Å². The fourth-order valence-electron chi connectivity index (χ4n) is 2.09. The molecule has 120 valence electrons. The van der Waals surface area contributed by atoms with Crippen molar-refractivity contribution in [2.45, 2.75) is 6.18 Å². The monoisotopic (exact) mass is 346 g/mol. The lowest BCUT2D eigenvalue weighted by Crippen LogP contribution is -2.09. The highest BCUT2D eigenvalue weighted by atomic mass is 32.1. The maximum Gasteiger partial charge on any atom is 0.435 e. The van der Waals surface area contributed by atoms with E-state index in [1.54, 1.807) is 47.2 Å². The number of carbonyl (C=O) groups excluding carboxylic acids is 1. The van der Waals surface area contributed by atoms with Crippen LogP contribution < -0.4 is 0 Å². The van der Waals surface area contributed by atoms with Crippen molar-refractivity contribution in [1.29, 1.82) is 0 Å². The van der Waals surface area contributed by atoms with Crippen LogP contribution >= 0.6 is 11.3 Å². The zero-order valence-electron chi connectivity index (χ0n) is 12.0. The minimum Gasteiger partial charge on any atom is -0.298 e. The molecule has 3 nitrogen and oxygen atoms in total. The van der Waals surface area contributed by atoms with Gasteiger partial charge >= 0.3 is 6.18 Å². The number of thiophene rings is 1. The number of hydrogen-bond acceptors (Lipinski definition) is 3. The Morgan fingerprint density at radius 3 is 2.46 bits per heavy atom. The Bertz CT molecular complexity index is 917. The van der Waals surface area contributed by atoms with Crippen LogP contribution in [0.1, 0.15) is 27.3 Å². The molecule has 1 aromatic carbocycles. The van der Waals surface area contributed by atoms with Gasteiger partial charge in [0.25, 0.3) is 0 Å². The molecule has 0 unspecified atom stereocenters. The molecule has 0 fully saturated rings. The Balaban J connectivity index is 2.24. The zero-order valence-corrected chi connectivity index (χ0v) is 12.9. The van der Waals surface area contributed by atoms with Gasteiger partial charge in [0.2, 0.25) is 0 Å². The van der Waals surface area contributed by atoms with E-state index in [2.05, 4.69) is 16.9 Å². The number of carbonyl (C=O) groups is 1. The summed E-state index contributed by atoms with van der Waals surface area (Å²) in [5.74, 6) is 5.42. The van der Waals surface area contributed by atoms with Crippen LogP contribution in [0.25, 0.3) is 5.69 Å². The summed E-state index contributed by atoms with van der Waals surface area (Å²) in [5.41, 5.74) is -0.836. The van der Waals surface area contributed by atoms with Crippen molar-refractivity contribution in [1.82, 2.24) is 9.78 Å². The summed E-state index contributed by atoms with van der Waals surface area (Å²) < 4.78 is 40.6. The van der Waals surface area contributed by atoms with Crippen LogP contribution in [0.15, 0.2) is 47.2 Å². The average molecular weight is 346 g/mol. The van der Waals surface area contributed by atoms with Crippen molar-refractivity contribution in [3.63, 3.8) is 0 Å². The van der Waals surface area contributed by atoms with Crippen molar-refractivity contribution in [2.75, 3.05) is 0 Å². The van der Waals surface area contributed by atoms with Crippen LogP contribution in [0.2, 0.25) is 0 Å². The highest BCUT2D eigenvalue weighted by Gasteiger charge is 2.39. The molecule has 2 heterocycles. The van der Waals surface area contributed by atoms with Crippen LogP contribution in [0.3, 0.4) is 0 Å². The van der Waals surface area contributed by atoms with Gasteiger partial charge in [0, 0.05) is 10.9 Å². The number of rotatable bonds is 2. The van der Waals surface area contributed by atoms with Gasteiger partial charge in [0.1, 0.15) is 5.69 Å². The highest BCUT2D eigenvalue weighted by molar-refractivity contribution is 7.08. The molecule has 2 aromatic heterocycles. The second-order valence-corrected chi connectivity index (χ2v) is 5.52. The second-order valence-electron chi connectivity index (χ2n) is 4.74. The van der Waals surface area contributed by atoms with Gasteiger partial charge in [-0.05, 0) is 29.5 Å². The van der Waals surface area contributed by atoms with E-state index in [1.807, 2.05) is 0 Å². The normalized spacial score (nSPS) is 11.0. The molecule has 0 aliphatic carbocycles. The molecular weight excluding hydrogens is 337 g/mol. The molecule has 0 aliphatic heterocycles. The fraction of sp³-hybridized carbons (Fsp3) is 0.0588. The Morgan fingerprint density at radius 1 is 1.12 bits per heavy atom. The minimum absolute atomic E-state index is 0.0882. The molecule has 0 spiro atoms. The van der Waals surface area contributed by atoms with Gasteiger partial charge < -0.3 is 0 Å². The van der Waals surface area contributed by atoms with Gasteiger partial charge in [-0.3, -0.25) is 4.79 Å². The van der Waals surface area contributed by atoms with E-state index in [0.29, 0.717) is 11.3 Å². The first-order valence-electron chi connectivity index (χ1n) is 6.75. The summed E-state index contributed by atoms with van der Waals surface area (Å²) in [5, 5.41) is 7.15. The van der Waals surface area contributed by atoms with E-state index in [0.717, 1.165) is 4.68 Å². The summed E-state index contributed by atoms with van der Waals surface area (Å²) in [6.45, 7) is 0. The van der Waals surface area contributed by atoms with Crippen LogP contribution in [0, 0.1) is 11.8 Å². The first-order valence-corrected chi connectivity index (χ1v) is 7.70. The minimum atomic E-state index is -4.74. The molecule has 0 radical (unpaired) electrons. The lowest BCUT2D eigenvalue weighted by molar-refractivity contribution is -0.141. The smallest absolute Gasteiger partial charge is 0.298 e. The summed E-state index contributed by atoms with van der Waals surface area (Å²) in [6, 6.07) is 10.00. The third kappa shape index (κ3) is 3.09. The number of alkyl halides is 3. The van der Waals surface area contributed by atoms with Gasteiger partial charge in [-0.15, -0.1) is 0 Å². The maximum atomic E-state index is 13.2. The summed E-state index contributed by atoms with van der Waals surface area (Å²) in [6.07, 6.45) is -4.60. The Kier molecular flexibility index (Phi) is 4.23.